The number of non-ortho nitro benzene ring substituents is 1. The molecule has 0 spiro atoms. The molecular weight excluding hydrogens is 545 g/mol. The number of nitrogens with zero attached hydrogens (tertiary/aromatic N) is 2. The second-order valence-corrected chi connectivity index (χ2v) is 9.15. The molecule has 5 rings (SSSR count). The van der Waals surface area contributed by atoms with Gasteiger partial charge in [-0.25, -0.2) is 9.18 Å². The summed E-state index contributed by atoms with van der Waals surface area (Å²) in [6.07, 6.45) is 0. The van der Waals surface area contributed by atoms with Crippen molar-refractivity contribution < 1.29 is 33.1 Å². The van der Waals surface area contributed by atoms with Crippen LogP contribution in [0.15, 0.2) is 96.4 Å². The zero-order valence-electron chi connectivity index (χ0n) is 22.1. The number of carbonyl (C=O) groups is 1. The molecule has 1 unspecified atom stereocenters. The van der Waals surface area contributed by atoms with Gasteiger partial charge in [0.2, 0.25) is 5.88 Å². The first-order valence-corrected chi connectivity index (χ1v) is 12.5. The smallest absolute Gasteiger partial charge is 0.343 e. The van der Waals surface area contributed by atoms with Crippen molar-refractivity contribution >= 4 is 11.7 Å². The van der Waals surface area contributed by atoms with Crippen molar-refractivity contribution in [3.63, 3.8) is 0 Å². The number of esters is 1. The quantitative estimate of drug-likeness (QED) is 0.121. The third-order valence-electron chi connectivity index (χ3n) is 6.52. The zero-order chi connectivity index (χ0) is 29.8. The summed E-state index contributed by atoms with van der Waals surface area (Å²) < 4.78 is 35.8. The van der Waals surface area contributed by atoms with Gasteiger partial charge in [-0.3, -0.25) is 10.1 Å². The van der Waals surface area contributed by atoms with Crippen LogP contribution in [-0.2, 0) is 6.61 Å². The number of methoxy groups -OCH3 is 1. The van der Waals surface area contributed by atoms with Crippen molar-refractivity contribution in [2.45, 2.75) is 12.5 Å². The van der Waals surface area contributed by atoms with E-state index >= 15 is 0 Å². The highest BCUT2D eigenvalue weighted by molar-refractivity contribution is 5.91. The van der Waals surface area contributed by atoms with E-state index in [1.807, 2.05) is 0 Å². The van der Waals surface area contributed by atoms with Crippen molar-refractivity contribution in [1.29, 1.82) is 5.26 Å². The Morgan fingerprint density at radius 3 is 2.57 bits per heavy atom. The van der Waals surface area contributed by atoms with E-state index in [2.05, 4.69) is 6.07 Å². The lowest BCUT2D eigenvalue weighted by atomic mass is 9.83. The van der Waals surface area contributed by atoms with Crippen LogP contribution in [0, 0.1) is 27.3 Å². The highest BCUT2D eigenvalue weighted by Crippen LogP contribution is 2.45. The van der Waals surface area contributed by atoms with Crippen LogP contribution < -0.4 is 24.7 Å². The summed E-state index contributed by atoms with van der Waals surface area (Å²) in [6, 6.07) is 23.1. The van der Waals surface area contributed by atoms with Crippen LogP contribution in [0.5, 0.6) is 23.0 Å². The molecule has 0 saturated carbocycles. The third kappa shape index (κ3) is 5.68. The fourth-order valence-corrected chi connectivity index (χ4v) is 4.48. The molecule has 210 valence electrons. The van der Waals surface area contributed by atoms with Crippen molar-refractivity contribution in [2.24, 2.45) is 5.73 Å². The van der Waals surface area contributed by atoms with Crippen LogP contribution in [0.1, 0.15) is 33.0 Å². The van der Waals surface area contributed by atoms with Crippen LogP contribution in [0.3, 0.4) is 0 Å². The van der Waals surface area contributed by atoms with Gasteiger partial charge in [0.1, 0.15) is 35.6 Å². The Balaban J connectivity index is 1.42. The average molecular weight is 568 g/mol. The summed E-state index contributed by atoms with van der Waals surface area (Å²) in [4.78, 5) is 23.1. The van der Waals surface area contributed by atoms with E-state index in [0.29, 0.717) is 22.6 Å². The minimum atomic E-state index is -0.798. The normalized spacial score (nSPS) is 13.8. The molecule has 0 saturated heterocycles. The minimum Gasteiger partial charge on any atom is -0.493 e. The number of halogens is 1. The molecule has 1 aliphatic heterocycles. The third-order valence-corrected chi connectivity index (χ3v) is 6.52. The predicted molar refractivity (Wildman–Crippen MR) is 148 cm³/mol. The summed E-state index contributed by atoms with van der Waals surface area (Å²) >= 11 is 0. The number of allylic oxidation sites excluding steroid dienone is 1. The molecule has 1 aliphatic rings. The molecule has 4 aromatic carbocycles. The number of nitrogens with two attached hydrogens (primary N) is 1. The predicted octanol–water partition coefficient (Wildman–Crippen LogP) is 5.76. The maximum atomic E-state index is 13.2. The number of hydrogen-bond donors (Lipinski definition) is 1. The summed E-state index contributed by atoms with van der Waals surface area (Å²) in [5, 5.41) is 21.0. The molecule has 1 heterocycles. The van der Waals surface area contributed by atoms with Gasteiger partial charge in [0.15, 0.2) is 11.5 Å². The van der Waals surface area contributed by atoms with E-state index < -0.39 is 16.8 Å². The Morgan fingerprint density at radius 1 is 1.07 bits per heavy atom. The molecule has 1 atom stereocenters. The van der Waals surface area contributed by atoms with Crippen molar-refractivity contribution in [3.05, 3.63) is 135 Å². The summed E-state index contributed by atoms with van der Waals surface area (Å²) in [5.41, 5.74) is 8.06. The molecule has 0 amide bonds. The number of nitriles is 1. The van der Waals surface area contributed by atoms with Crippen molar-refractivity contribution in [2.75, 3.05) is 7.11 Å². The van der Waals surface area contributed by atoms with E-state index in [4.69, 9.17) is 24.7 Å². The van der Waals surface area contributed by atoms with Gasteiger partial charge in [-0.1, -0.05) is 30.3 Å². The maximum absolute atomic E-state index is 13.2. The summed E-state index contributed by atoms with van der Waals surface area (Å²) in [7, 11) is 1.49. The number of ether oxygens (including phenoxy) is 4. The average Bonchev–Trinajstić information content (AvgIpc) is 3.00. The van der Waals surface area contributed by atoms with Crippen LogP contribution in [0.2, 0.25) is 0 Å². The number of rotatable bonds is 8. The molecule has 0 aliphatic carbocycles. The topological polar surface area (TPSA) is 147 Å². The second kappa shape index (κ2) is 11.7. The van der Waals surface area contributed by atoms with Gasteiger partial charge in [-0.05, 0) is 47.5 Å². The minimum absolute atomic E-state index is 0.000670. The van der Waals surface area contributed by atoms with Crippen molar-refractivity contribution in [1.82, 2.24) is 0 Å². The number of fused-ring (bicyclic) bond motifs is 1. The van der Waals surface area contributed by atoms with Gasteiger partial charge < -0.3 is 24.7 Å². The molecule has 2 N–H and O–H groups in total. The van der Waals surface area contributed by atoms with E-state index in [9.17, 15) is 24.6 Å². The molecule has 11 heteroatoms. The molecule has 10 nitrogen and oxygen atoms in total. The van der Waals surface area contributed by atoms with Gasteiger partial charge >= 0.3 is 5.97 Å². The molecule has 0 bridgehead atoms. The highest BCUT2D eigenvalue weighted by atomic mass is 19.1. The zero-order valence-corrected chi connectivity index (χ0v) is 22.1. The lowest BCUT2D eigenvalue weighted by molar-refractivity contribution is -0.384. The lowest BCUT2D eigenvalue weighted by Crippen LogP contribution is -2.21. The fraction of sp³-hybridized carbons (Fsp3) is 0.0968. The molecule has 42 heavy (non-hydrogen) atoms. The van der Waals surface area contributed by atoms with Crippen LogP contribution in [0.25, 0.3) is 0 Å². The monoisotopic (exact) mass is 567 g/mol. The van der Waals surface area contributed by atoms with E-state index in [1.54, 1.807) is 36.4 Å². The number of benzene rings is 4. The van der Waals surface area contributed by atoms with Gasteiger partial charge in [0.05, 0.1) is 23.5 Å². The van der Waals surface area contributed by atoms with Gasteiger partial charge in [0, 0.05) is 23.8 Å². The van der Waals surface area contributed by atoms with E-state index in [1.165, 1.54) is 49.6 Å². The first-order valence-electron chi connectivity index (χ1n) is 12.5. The summed E-state index contributed by atoms with van der Waals surface area (Å²) in [6.45, 7) is 0.185. The van der Waals surface area contributed by atoms with Crippen LogP contribution >= 0.6 is 0 Å². The largest absolute Gasteiger partial charge is 0.493 e. The molecule has 0 fully saturated rings. The Kier molecular flexibility index (Phi) is 7.70. The first kappa shape index (κ1) is 27.7. The second-order valence-electron chi connectivity index (χ2n) is 9.15. The molecule has 0 aromatic heterocycles. The Morgan fingerprint density at radius 2 is 1.86 bits per heavy atom. The Bertz CT molecular complexity index is 1760. The molecule has 0 radical (unpaired) electrons. The number of nitro groups is 1. The summed E-state index contributed by atoms with van der Waals surface area (Å²) in [5.74, 6) is -0.680. The van der Waals surface area contributed by atoms with Gasteiger partial charge in [-0.2, -0.15) is 5.26 Å². The Hall–Kier alpha value is -5.89. The van der Waals surface area contributed by atoms with E-state index in [0.717, 1.165) is 11.6 Å². The van der Waals surface area contributed by atoms with Crippen LogP contribution in [-0.4, -0.2) is 18.0 Å². The van der Waals surface area contributed by atoms with E-state index in [-0.39, 0.29) is 46.6 Å². The fourth-order valence-electron chi connectivity index (χ4n) is 4.48. The lowest BCUT2D eigenvalue weighted by Gasteiger charge is -2.27. The van der Waals surface area contributed by atoms with Crippen molar-refractivity contribution in [3.8, 4) is 29.1 Å². The number of carbonyl (C=O) groups excluding carboxylic acids is 1. The first-order chi connectivity index (χ1) is 20.3. The standard InChI is InChI=1S/C31H22FN3O7/c1-39-28-14-19(7-12-26(28)40-17-18-5-8-21(32)9-6-18)29-24-11-10-23(15-27(24)42-30(34)25(29)16-33)41-31(36)20-3-2-4-22(13-20)35(37)38/h2-15,29H,17,34H2,1H3. The van der Waals surface area contributed by atoms with Crippen LogP contribution in [0.4, 0.5) is 10.1 Å². The van der Waals surface area contributed by atoms with Gasteiger partial charge in [0.25, 0.3) is 5.69 Å². The van der Waals surface area contributed by atoms with Gasteiger partial charge in [-0.15, -0.1) is 0 Å². The Labute approximate surface area is 239 Å². The molecule has 4 aromatic rings. The number of nitro benzene ring substituents is 1. The number of hydrogen-bond acceptors (Lipinski definition) is 9. The maximum Gasteiger partial charge on any atom is 0.343 e. The highest BCUT2D eigenvalue weighted by Gasteiger charge is 2.32. The molecular formula is C31H22FN3O7. The SMILES string of the molecule is COc1cc(C2C(C#N)=C(N)Oc3cc(OC(=O)c4cccc([N+](=O)[O-])c4)ccc32)ccc1OCc1ccc(F)cc1.